The van der Waals surface area contributed by atoms with E-state index in [0.29, 0.717) is 37.8 Å². The molecular weight excluding hydrogens is 495 g/mol. The third-order valence-electron chi connectivity index (χ3n) is 4.42. The first-order chi connectivity index (χ1) is 15.3. The number of anilines is 1. The molecule has 10 heteroatoms. The van der Waals surface area contributed by atoms with Gasteiger partial charge >= 0.3 is 0 Å². The van der Waals surface area contributed by atoms with Crippen LogP contribution in [0.1, 0.15) is 5.76 Å². The first kappa shape index (κ1) is 22.5. The zero-order valence-electron chi connectivity index (χ0n) is 16.1. The maximum atomic E-state index is 12.7. The van der Waals surface area contributed by atoms with Crippen LogP contribution in [0.3, 0.4) is 0 Å². The van der Waals surface area contributed by atoms with E-state index in [4.69, 9.17) is 39.2 Å². The Kier molecular flexibility index (Phi) is 6.62. The molecule has 1 fully saturated rings. The third kappa shape index (κ3) is 4.86. The van der Waals surface area contributed by atoms with Crippen LogP contribution in [0.25, 0.3) is 17.4 Å². The highest BCUT2D eigenvalue weighted by Gasteiger charge is 2.36. The van der Waals surface area contributed by atoms with Gasteiger partial charge in [0.1, 0.15) is 18.1 Å². The van der Waals surface area contributed by atoms with Crippen LogP contribution in [0.15, 0.2) is 63.9 Å². The Labute approximate surface area is 202 Å². The lowest BCUT2D eigenvalue weighted by atomic mass is 10.2. The Hall–Kier alpha value is -2.71. The molecule has 1 aliphatic heterocycles. The van der Waals surface area contributed by atoms with Gasteiger partial charge in [-0.3, -0.25) is 19.3 Å². The number of hydrogen-bond donors (Lipinski definition) is 1. The van der Waals surface area contributed by atoms with E-state index in [0.717, 1.165) is 16.7 Å². The van der Waals surface area contributed by atoms with E-state index < -0.39 is 23.6 Å². The van der Waals surface area contributed by atoms with E-state index in [2.05, 4.69) is 5.32 Å². The van der Waals surface area contributed by atoms with Crippen LogP contribution in [-0.2, 0) is 9.59 Å². The standard InChI is InChI=1S/C22H13Cl3N2O4S/c23-12-5-7-14(16(25)9-12)18-8-6-13(31-18)10-19-21(29)27(22(30)32-19)11-20(28)26-17-4-2-1-3-15(17)24/h1-10H,11H2,(H,26,28)/b19-10-. The van der Waals surface area contributed by atoms with Crippen LogP contribution < -0.4 is 5.32 Å². The molecule has 4 rings (SSSR count). The number of carbonyl (C=O) groups is 3. The molecule has 3 aromatic rings. The van der Waals surface area contributed by atoms with E-state index >= 15 is 0 Å². The molecule has 1 aliphatic rings. The molecule has 0 saturated carbocycles. The maximum absolute atomic E-state index is 12.7. The van der Waals surface area contributed by atoms with Crippen molar-refractivity contribution in [2.75, 3.05) is 11.9 Å². The van der Waals surface area contributed by atoms with Crippen molar-refractivity contribution in [3.8, 4) is 11.3 Å². The molecule has 6 nitrogen and oxygen atoms in total. The minimum atomic E-state index is -0.586. The predicted octanol–water partition coefficient (Wildman–Crippen LogP) is 6.58. The average molecular weight is 508 g/mol. The molecular formula is C22H13Cl3N2O4S. The zero-order valence-corrected chi connectivity index (χ0v) is 19.2. The number of thioether (sulfide) groups is 1. The average Bonchev–Trinajstić information content (AvgIpc) is 3.30. The second kappa shape index (κ2) is 9.42. The predicted molar refractivity (Wildman–Crippen MR) is 127 cm³/mol. The van der Waals surface area contributed by atoms with Gasteiger partial charge in [0.15, 0.2) is 0 Å². The minimum absolute atomic E-state index is 0.142. The lowest BCUT2D eigenvalue weighted by Crippen LogP contribution is -2.36. The van der Waals surface area contributed by atoms with Crippen LogP contribution >= 0.6 is 46.6 Å². The molecule has 2 aromatic carbocycles. The molecule has 0 aliphatic carbocycles. The summed E-state index contributed by atoms with van der Waals surface area (Å²) in [5, 5.41) is 3.30. The summed E-state index contributed by atoms with van der Waals surface area (Å²) in [6.45, 7) is -0.434. The summed E-state index contributed by atoms with van der Waals surface area (Å²) in [7, 11) is 0. The van der Waals surface area contributed by atoms with Crippen LogP contribution in [0, 0.1) is 0 Å². The first-order valence-corrected chi connectivity index (χ1v) is 11.1. The van der Waals surface area contributed by atoms with Gasteiger partial charge in [0.25, 0.3) is 11.1 Å². The number of amides is 3. The minimum Gasteiger partial charge on any atom is -0.457 e. The van der Waals surface area contributed by atoms with E-state index in [9.17, 15) is 14.4 Å². The molecule has 1 aromatic heterocycles. The highest BCUT2D eigenvalue weighted by atomic mass is 35.5. The maximum Gasteiger partial charge on any atom is 0.294 e. The molecule has 0 spiro atoms. The first-order valence-electron chi connectivity index (χ1n) is 9.17. The van der Waals surface area contributed by atoms with Gasteiger partial charge in [-0.1, -0.05) is 46.9 Å². The van der Waals surface area contributed by atoms with E-state index in [1.807, 2.05) is 0 Å². The highest BCUT2D eigenvalue weighted by molar-refractivity contribution is 8.18. The van der Waals surface area contributed by atoms with Crippen molar-refractivity contribution in [2.45, 2.75) is 0 Å². The van der Waals surface area contributed by atoms with Crippen molar-refractivity contribution < 1.29 is 18.8 Å². The number of para-hydroxylation sites is 1. The molecule has 3 amide bonds. The number of hydrogen-bond acceptors (Lipinski definition) is 5. The fourth-order valence-electron chi connectivity index (χ4n) is 2.93. The van der Waals surface area contributed by atoms with Crippen molar-refractivity contribution in [1.82, 2.24) is 4.90 Å². The molecule has 0 unspecified atom stereocenters. The Morgan fingerprint density at radius 1 is 1.03 bits per heavy atom. The number of furan rings is 1. The summed E-state index contributed by atoms with van der Waals surface area (Å²) in [4.78, 5) is 38.3. The largest absolute Gasteiger partial charge is 0.457 e. The van der Waals surface area contributed by atoms with Crippen molar-refractivity contribution in [3.63, 3.8) is 0 Å². The Morgan fingerprint density at radius 3 is 2.56 bits per heavy atom. The smallest absolute Gasteiger partial charge is 0.294 e. The molecule has 0 bridgehead atoms. The number of nitrogens with zero attached hydrogens (tertiary/aromatic N) is 1. The van der Waals surface area contributed by atoms with Gasteiger partial charge in [0, 0.05) is 16.7 Å². The van der Waals surface area contributed by atoms with Crippen LogP contribution in [0.5, 0.6) is 0 Å². The molecule has 1 N–H and O–H groups in total. The normalized spacial score (nSPS) is 15.0. The van der Waals surface area contributed by atoms with Crippen molar-refractivity contribution in [1.29, 1.82) is 0 Å². The quantitative estimate of drug-likeness (QED) is 0.395. The van der Waals surface area contributed by atoms with Gasteiger partial charge < -0.3 is 9.73 Å². The van der Waals surface area contributed by atoms with Crippen LogP contribution in [0.4, 0.5) is 10.5 Å². The molecule has 32 heavy (non-hydrogen) atoms. The van der Waals surface area contributed by atoms with Gasteiger partial charge in [-0.2, -0.15) is 0 Å². The van der Waals surface area contributed by atoms with E-state index in [1.165, 1.54) is 6.08 Å². The molecule has 0 atom stereocenters. The fourth-order valence-corrected chi connectivity index (χ4v) is 4.43. The van der Waals surface area contributed by atoms with Gasteiger partial charge in [-0.15, -0.1) is 0 Å². The van der Waals surface area contributed by atoms with Crippen LogP contribution in [0.2, 0.25) is 15.1 Å². The summed E-state index contributed by atoms with van der Waals surface area (Å²) < 4.78 is 5.75. The van der Waals surface area contributed by atoms with E-state index in [-0.39, 0.29) is 4.91 Å². The van der Waals surface area contributed by atoms with Crippen molar-refractivity contribution in [3.05, 3.63) is 80.3 Å². The monoisotopic (exact) mass is 506 g/mol. The number of halogens is 3. The number of rotatable bonds is 5. The van der Waals surface area contributed by atoms with Crippen molar-refractivity contribution in [2.24, 2.45) is 0 Å². The Balaban J connectivity index is 1.47. The lowest BCUT2D eigenvalue weighted by Gasteiger charge is -2.13. The number of imide groups is 1. The molecule has 162 valence electrons. The zero-order chi connectivity index (χ0) is 22.8. The number of benzene rings is 2. The van der Waals surface area contributed by atoms with Crippen molar-refractivity contribution >= 4 is 75.4 Å². The Morgan fingerprint density at radius 2 is 1.81 bits per heavy atom. The molecule has 0 radical (unpaired) electrons. The van der Waals surface area contributed by atoms with E-state index in [1.54, 1.807) is 54.6 Å². The fraction of sp³-hybridized carbons (Fsp3) is 0.0455. The molecule has 1 saturated heterocycles. The topological polar surface area (TPSA) is 79.6 Å². The summed E-state index contributed by atoms with van der Waals surface area (Å²) in [6.07, 6.45) is 1.45. The lowest BCUT2D eigenvalue weighted by molar-refractivity contribution is -0.127. The number of nitrogens with one attached hydrogen (secondary N) is 1. The second-order valence-electron chi connectivity index (χ2n) is 6.62. The van der Waals surface area contributed by atoms with Gasteiger partial charge in [-0.05, 0) is 54.2 Å². The molecule has 2 heterocycles. The van der Waals surface area contributed by atoms with Gasteiger partial charge in [-0.25, -0.2) is 0 Å². The summed E-state index contributed by atoms with van der Waals surface area (Å²) in [5.41, 5.74) is 1.03. The second-order valence-corrected chi connectivity index (χ2v) is 8.87. The Bertz CT molecular complexity index is 1270. The van der Waals surface area contributed by atoms with Crippen LogP contribution in [-0.4, -0.2) is 28.5 Å². The summed E-state index contributed by atoms with van der Waals surface area (Å²) in [6, 6.07) is 15.0. The summed E-state index contributed by atoms with van der Waals surface area (Å²) >= 11 is 18.9. The SMILES string of the molecule is O=C(CN1C(=O)S/C(=C\c2ccc(-c3ccc(Cl)cc3Cl)o2)C1=O)Nc1ccccc1Cl. The summed E-state index contributed by atoms with van der Waals surface area (Å²) in [5.74, 6) is -0.288. The number of carbonyl (C=O) groups excluding carboxylic acids is 3. The highest BCUT2D eigenvalue weighted by Crippen LogP contribution is 2.35. The van der Waals surface area contributed by atoms with Gasteiger partial charge in [0.05, 0.1) is 20.6 Å². The van der Waals surface area contributed by atoms with Gasteiger partial charge in [0.2, 0.25) is 5.91 Å². The third-order valence-corrected chi connectivity index (χ3v) is 6.20.